The highest BCUT2D eigenvalue weighted by Gasteiger charge is 2.18. The molecule has 7 nitrogen and oxygen atoms in total. The van der Waals surface area contributed by atoms with Crippen molar-refractivity contribution in [2.24, 2.45) is 5.92 Å². The topological polar surface area (TPSA) is 102 Å². The van der Waals surface area contributed by atoms with Gasteiger partial charge in [-0.3, -0.25) is 9.52 Å². The first-order chi connectivity index (χ1) is 13.1. The van der Waals surface area contributed by atoms with Crippen LogP contribution in [-0.2, 0) is 14.8 Å². The van der Waals surface area contributed by atoms with Crippen LogP contribution in [0.25, 0.3) is 0 Å². The van der Waals surface area contributed by atoms with Crippen LogP contribution in [0.4, 0.5) is 5.69 Å². The number of esters is 1. The molecule has 0 radical (unpaired) electrons. The molecule has 0 spiro atoms. The Labute approximate surface area is 165 Å². The number of amides is 1. The molecule has 0 unspecified atom stereocenters. The molecule has 0 atom stereocenters. The third-order valence-corrected chi connectivity index (χ3v) is 5.37. The Balaban J connectivity index is 2.24. The number of methoxy groups -OCH3 is 1. The zero-order valence-electron chi connectivity index (χ0n) is 16.3. The summed E-state index contributed by atoms with van der Waals surface area (Å²) in [5, 5.41) is 2.79. The van der Waals surface area contributed by atoms with Crippen molar-refractivity contribution in [2.75, 3.05) is 18.4 Å². The minimum Gasteiger partial charge on any atom is -0.465 e. The number of carbonyl (C=O) groups is 2. The second-order valence-electron chi connectivity index (χ2n) is 6.76. The van der Waals surface area contributed by atoms with Gasteiger partial charge >= 0.3 is 5.97 Å². The normalized spacial score (nSPS) is 11.2. The van der Waals surface area contributed by atoms with Gasteiger partial charge in [-0.2, -0.15) is 0 Å². The highest BCUT2D eigenvalue weighted by molar-refractivity contribution is 7.92. The van der Waals surface area contributed by atoms with E-state index >= 15 is 0 Å². The number of benzene rings is 2. The van der Waals surface area contributed by atoms with Crippen LogP contribution in [-0.4, -0.2) is 33.9 Å². The van der Waals surface area contributed by atoms with Crippen molar-refractivity contribution in [1.82, 2.24) is 5.32 Å². The third kappa shape index (κ3) is 5.32. The second-order valence-corrected chi connectivity index (χ2v) is 8.44. The van der Waals surface area contributed by atoms with Gasteiger partial charge in [0, 0.05) is 17.8 Å². The summed E-state index contributed by atoms with van der Waals surface area (Å²) in [7, 11) is -2.63. The molecule has 0 aromatic heterocycles. The van der Waals surface area contributed by atoms with Crippen LogP contribution in [0.3, 0.4) is 0 Å². The van der Waals surface area contributed by atoms with Crippen molar-refractivity contribution in [1.29, 1.82) is 0 Å². The highest BCUT2D eigenvalue weighted by atomic mass is 32.2. The van der Waals surface area contributed by atoms with Crippen LogP contribution < -0.4 is 10.0 Å². The molecular formula is C20H24N2O5S. The minimum atomic E-state index is -3.90. The molecular weight excluding hydrogens is 380 g/mol. The summed E-state index contributed by atoms with van der Waals surface area (Å²) in [5.74, 6) is -0.540. The number of hydrogen-bond donors (Lipinski definition) is 2. The summed E-state index contributed by atoms with van der Waals surface area (Å²) in [4.78, 5) is 23.8. The number of carbonyl (C=O) groups excluding carboxylic acids is 2. The molecule has 0 aliphatic rings. The SMILES string of the molecule is COC(=O)c1ccc(NS(=O)(=O)c2ccc(C)c(C(=O)NCC(C)C)c2)cc1. The number of ether oxygens (including phenoxy) is 1. The molecule has 0 aliphatic heterocycles. The van der Waals surface area contributed by atoms with E-state index < -0.39 is 16.0 Å². The molecule has 28 heavy (non-hydrogen) atoms. The van der Waals surface area contributed by atoms with E-state index in [-0.39, 0.29) is 16.7 Å². The van der Waals surface area contributed by atoms with Crippen LogP contribution >= 0.6 is 0 Å². The van der Waals surface area contributed by atoms with Crippen molar-refractivity contribution in [3.63, 3.8) is 0 Å². The smallest absolute Gasteiger partial charge is 0.337 e. The largest absolute Gasteiger partial charge is 0.465 e. The Morgan fingerprint density at radius 2 is 1.71 bits per heavy atom. The van der Waals surface area contributed by atoms with E-state index in [2.05, 4.69) is 14.8 Å². The number of nitrogens with one attached hydrogen (secondary N) is 2. The molecule has 2 aromatic rings. The molecule has 0 heterocycles. The summed E-state index contributed by atoms with van der Waals surface area (Å²) in [6.07, 6.45) is 0. The van der Waals surface area contributed by atoms with E-state index in [1.807, 2.05) is 13.8 Å². The van der Waals surface area contributed by atoms with Crippen molar-refractivity contribution in [3.8, 4) is 0 Å². The molecule has 2 aromatic carbocycles. The van der Waals surface area contributed by atoms with Crippen LogP contribution in [0.5, 0.6) is 0 Å². The van der Waals surface area contributed by atoms with Gasteiger partial charge in [-0.1, -0.05) is 19.9 Å². The lowest BCUT2D eigenvalue weighted by Crippen LogP contribution is -2.28. The van der Waals surface area contributed by atoms with Gasteiger partial charge in [0.15, 0.2) is 0 Å². The lowest BCUT2D eigenvalue weighted by Gasteiger charge is -2.13. The van der Waals surface area contributed by atoms with Gasteiger partial charge in [-0.25, -0.2) is 13.2 Å². The minimum absolute atomic E-state index is 0.0233. The Morgan fingerprint density at radius 1 is 1.07 bits per heavy atom. The number of rotatable bonds is 7. The quantitative estimate of drug-likeness (QED) is 0.691. The number of aryl methyl sites for hydroxylation is 1. The van der Waals surface area contributed by atoms with Gasteiger partial charge in [0.25, 0.3) is 15.9 Å². The van der Waals surface area contributed by atoms with Crippen molar-refractivity contribution in [2.45, 2.75) is 25.7 Å². The van der Waals surface area contributed by atoms with E-state index in [1.165, 1.54) is 43.5 Å². The number of hydrogen-bond acceptors (Lipinski definition) is 5. The Kier molecular flexibility index (Phi) is 6.80. The maximum atomic E-state index is 12.7. The number of anilines is 1. The summed E-state index contributed by atoms with van der Waals surface area (Å²) in [6, 6.07) is 10.3. The van der Waals surface area contributed by atoms with Crippen LogP contribution in [0, 0.1) is 12.8 Å². The Morgan fingerprint density at radius 3 is 2.29 bits per heavy atom. The molecule has 0 fully saturated rings. The van der Waals surface area contributed by atoms with Gasteiger partial charge in [-0.15, -0.1) is 0 Å². The maximum absolute atomic E-state index is 12.7. The summed E-state index contributed by atoms with van der Waals surface area (Å²) < 4.78 is 32.4. The van der Waals surface area contributed by atoms with E-state index in [1.54, 1.807) is 13.0 Å². The summed E-state index contributed by atoms with van der Waals surface area (Å²) in [5.41, 5.74) is 1.59. The van der Waals surface area contributed by atoms with Crippen LogP contribution in [0.1, 0.15) is 40.1 Å². The Bertz CT molecular complexity index is 967. The van der Waals surface area contributed by atoms with Gasteiger partial charge < -0.3 is 10.1 Å². The molecule has 1 amide bonds. The molecule has 0 saturated carbocycles. The standard InChI is InChI=1S/C20H24N2O5S/c1-13(2)12-21-19(23)18-11-17(10-5-14(18)3)28(25,26)22-16-8-6-15(7-9-16)20(24)27-4/h5-11,13,22H,12H2,1-4H3,(H,21,23). The molecule has 0 aliphatic carbocycles. The van der Waals surface area contributed by atoms with Gasteiger partial charge in [0.2, 0.25) is 0 Å². The first kappa shape index (κ1) is 21.4. The van der Waals surface area contributed by atoms with Crippen molar-refractivity contribution >= 4 is 27.6 Å². The average Bonchev–Trinajstić information content (AvgIpc) is 2.66. The third-order valence-electron chi connectivity index (χ3n) is 3.99. The van der Waals surface area contributed by atoms with E-state index in [0.29, 0.717) is 28.9 Å². The molecule has 150 valence electrons. The summed E-state index contributed by atoms with van der Waals surface area (Å²) >= 11 is 0. The zero-order chi connectivity index (χ0) is 20.9. The lowest BCUT2D eigenvalue weighted by molar-refractivity contribution is 0.0600. The maximum Gasteiger partial charge on any atom is 0.337 e. The number of sulfonamides is 1. The summed E-state index contributed by atoms with van der Waals surface area (Å²) in [6.45, 7) is 6.20. The van der Waals surface area contributed by atoms with Gasteiger partial charge in [0.1, 0.15) is 0 Å². The molecule has 0 bridgehead atoms. The molecule has 2 N–H and O–H groups in total. The van der Waals surface area contributed by atoms with E-state index in [0.717, 1.165) is 0 Å². The van der Waals surface area contributed by atoms with Gasteiger partial charge in [0.05, 0.1) is 17.6 Å². The molecule has 8 heteroatoms. The highest BCUT2D eigenvalue weighted by Crippen LogP contribution is 2.20. The monoisotopic (exact) mass is 404 g/mol. The first-order valence-corrected chi connectivity index (χ1v) is 10.2. The first-order valence-electron chi connectivity index (χ1n) is 8.74. The zero-order valence-corrected chi connectivity index (χ0v) is 17.1. The van der Waals surface area contributed by atoms with Gasteiger partial charge in [-0.05, 0) is 54.8 Å². The fourth-order valence-corrected chi connectivity index (χ4v) is 3.50. The molecule has 2 rings (SSSR count). The fourth-order valence-electron chi connectivity index (χ4n) is 2.41. The predicted molar refractivity (Wildman–Crippen MR) is 107 cm³/mol. The second kappa shape index (κ2) is 8.88. The Hall–Kier alpha value is -2.87. The van der Waals surface area contributed by atoms with Crippen LogP contribution in [0.15, 0.2) is 47.4 Å². The predicted octanol–water partition coefficient (Wildman–Crippen LogP) is 2.97. The van der Waals surface area contributed by atoms with Crippen molar-refractivity contribution < 1.29 is 22.7 Å². The van der Waals surface area contributed by atoms with Crippen molar-refractivity contribution in [3.05, 3.63) is 59.2 Å². The van der Waals surface area contributed by atoms with Crippen LogP contribution in [0.2, 0.25) is 0 Å². The average molecular weight is 404 g/mol. The lowest BCUT2D eigenvalue weighted by atomic mass is 10.1. The van der Waals surface area contributed by atoms with E-state index in [9.17, 15) is 18.0 Å². The van der Waals surface area contributed by atoms with E-state index in [4.69, 9.17) is 0 Å². The molecule has 0 saturated heterocycles. The fraction of sp³-hybridized carbons (Fsp3) is 0.300.